The van der Waals surface area contributed by atoms with E-state index < -0.39 is 5.82 Å². The molecule has 0 atom stereocenters. The predicted octanol–water partition coefficient (Wildman–Crippen LogP) is 3.78. The fourth-order valence-electron chi connectivity index (χ4n) is 1.77. The van der Waals surface area contributed by atoms with Crippen molar-refractivity contribution in [3.63, 3.8) is 0 Å². The van der Waals surface area contributed by atoms with Crippen LogP contribution in [0.3, 0.4) is 0 Å². The van der Waals surface area contributed by atoms with Crippen LogP contribution in [0.2, 0.25) is 5.02 Å². The van der Waals surface area contributed by atoms with E-state index in [1.54, 1.807) is 24.3 Å². The van der Waals surface area contributed by atoms with Gasteiger partial charge in [0.2, 0.25) is 5.89 Å². The number of oxazole rings is 1. The number of ether oxygens (including phenoxy) is 1. The van der Waals surface area contributed by atoms with Gasteiger partial charge in [-0.1, -0.05) is 11.6 Å². The van der Waals surface area contributed by atoms with Crippen molar-refractivity contribution in [3.05, 3.63) is 53.1 Å². The fourth-order valence-corrected chi connectivity index (χ4v) is 1.88. The molecule has 102 valence electrons. The van der Waals surface area contributed by atoms with Gasteiger partial charge in [0.05, 0.1) is 5.02 Å². The van der Waals surface area contributed by atoms with Gasteiger partial charge in [-0.15, -0.1) is 0 Å². The predicted molar refractivity (Wildman–Crippen MR) is 74.2 cm³/mol. The monoisotopic (exact) mass is 292 g/mol. The summed E-state index contributed by atoms with van der Waals surface area (Å²) >= 11 is 5.59. The van der Waals surface area contributed by atoms with Crippen molar-refractivity contribution >= 4 is 28.4 Å². The van der Waals surface area contributed by atoms with Gasteiger partial charge in [0, 0.05) is 11.8 Å². The molecular weight excluding hydrogens is 283 g/mol. The second kappa shape index (κ2) is 5.02. The minimum absolute atomic E-state index is 0.0506. The Morgan fingerprint density at radius 3 is 2.90 bits per heavy atom. The van der Waals surface area contributed by atoms with E-state index >= 15 is 0 Å². The van der Waals surface area contributed by atoms with E-state index in [2.05, 4.69) is 4.98 Å². The first-order valence-corrected chi connectivity index (χ1v) is 6.22. The second-order valence-corrected chi connectivity index (χ2v) is 4.61. The number of rotatable bonds is 3. The van der Waals surface area contributed by atoms with Crippen LogP contribution in [0.25, 0.3) is 11.1 Å². The van der Waals surface area contributed by atoms with Crippen molar-refractivity contribution in [1.29, 1.82) is 0 Å². The summed E-state index contributed by atoms with van der Waals surface area (Å²) in [6, 6.07) is 9.40. The van der Waals surface area contributed by atoms with Crippen LogP contribution in [-0.2, 0) is 6.61 Å². The lowest BCUT2D eigenvalue weighted by Crippen LogP contribution is -1.95. The Hall–Kier alpha value is -2.27. The Morgan fingerprint density at radius 1 is 1.25 bits per heavy atom. The van der Waals surface area contributed by atoms with E-state index in [0.717, 1.165) is 0 Å². The summed E-state index contributed by atoms with van der Waals surface area (Å²) < 4.78 is 24.1. The summed E-state index contributed by atoms with van der Waals surface area (Å²) in [6.07, 6.45) is 0. The van der Waals surface area contributed by atoms with E-state index in [0.29, 0.717) is 28.4 Å². The summed E-state index contributed by atoms with van der Waals surface area (Å²) in [7, 11) is 0. The number of benzene rings is 2. The van der Waals surface area contributed by atoms with Gasteiger partial charge in [0.1, 0.15) is 17.1 Å². The summed E-state index contributed by atoms with van der Waals surface area (Å²) in [4.78, 5) is 4.24. The van der Waals surface area contributed by atoms with Gasteiger partial charge >= 0.3 is 0 Å². The molecule has 0 amide bonds. The number of nitrogens with zero attached hydrogens (tertiary/aromatic N) is 1. The van der Waals surface area contributed by atoms with Crippen LogP contribution >= 0.6 is 11.6 Å². The number of nitrogen functional groups attached to an aromatic ring is 1. The zero-order chi connectivity index (χ0) is 14.1. The van der Waals surface area contributed by atoms with Crippen molar-refractivity contribution in [1.82, 2.24) is 4.98 Å². The number of fused-ring (bicyclic) bond motifs is 1. The van der Waals surface area contributed by atoms with Gasteiger partial charge in [-0.05, 0) is 30.3 Å². The summed E-state index contributed by atoms with van der Waals surface area (Å²) in [5, 5.41) is 0.0506. The Kier molecular flexibility index (Phi) is 3.20. The van der Waals surface area contributed by atoms with Crippen LogP contribution in [0.1, 0.15) is 5.89 Å². The number of hydrogen-bond donors (Lipinski definition) is 1. The van der Waals surface area contributed by atoms with Crippen LogP contribution in [0, 0.1) is 5.82 Å². The van der Waals surface area contributed by atoms with E-state index in [1.165, 1.54) is 12.1 Å². The molecule has 0 aliphatic rings. The maximum atomic E-state index is 13.3. The van der Waals surface area contributed by atoms with Crippen LogP contribution < -0.4 is 10.5 Å². The second-order valence-electron chi connectivity index (χ2n) is 4.20. The van der Waals surface area contributed by atoms with Crippen molar-refractivity contribution in [2.75, 3.05) is 5.73 Å². The lowest BCUT2D eigenvalue weighted by atomic mass is 10.3. The van der Waals surface area contributed by atoms with Crippen molar-refractivity contribution < 1.29 is 13.5 Å². The van der Waals surface area contributed by atoms with E-state index in [1.807, 2.05) is 0 Å². The third kappa shape index (κ3) is 2.53. The Morgan fingerprint density at radius 2 is 2.10 bits per heavy atom. The Bertz CT molecular complexity index is 773. The molecule has 6 heteroatoms. The highest BCUT2D eigenvalue weighted by Crippen LogP contribution is 2.22. The van der Waals surface area contributed by atoms with Crippen LogP contribution in [0.15, 0.2) is 40.8 Å². The molecule has 0 aliphatic carbocycles. The van der Waals surface area contributed by atoms with Gasteiger partial charge in [-0.25, -0.2) is 9.37 Å². The van der Waals surface area contributed by atoms with Gasteiger partial charge in [0.25, 0.3) is 0 Å². The Labute approximate surface area is 118 Å². The van der Waals surface area contributed by atoms with Gasteiger partial charge in [-0.2, -0.15) is 0 Å². The minimum atomic E-state index is -0.533. The highest BCUT2D eigenvalue weighted by molar-refractivity contribution is 6.30. The first kappa shape index (κ1) is 12.7. The summed E-state index contributed by atoms with van der Waals surface area (Å²) in [6.45, 7) is 0.0929. The number of hydrogen-bond acceptors (Lipinski definition) is 4. The van der Waals surface area contributed by atoms with Crippen LogP contribution in [0.5, 0.6) is 5.75 Å². The normalized spacial score (nSPS) is 10.9. The average Bonchev–Trinajstić information content (AvgIpc) is 2.82. The highest BCUT2D eigenvalue weighted by Gasteiger charge is 2.08. The lowest BCUT2D eigenvalue weighted by molar-refractivity contribution is 0.266. The SMILES string of the molecule is Nc1ccc2oc(COc3ccc(Cl)c(F)c3)nc2c1. The third-order valence-electron chi connectivity index (χ3n) is 2.71. The maximum absolute atomic E-state index is 13.3. The zero-order valence-electron chi connectivity index (χ0n) is 10.3. The first-order valence-electron chi connectivity index (χ1n) is 5.84. The van der Waals surface area contributed by atoms with Crippen molar-refractivity contribution in [2.24, 2.45) is 0 Å². The van der Waals surface area contributed by atoms with Gasteiger partial charge in [-0.3, -0.25) is 0 Å². The van der Waals surface area contributed by atoms with Crippen LogP contribution in [0.4, 0.5) is 10.1 Å². The molecule has 0 saturated carbocycles. The molecule has 4 nitrogen and oxygen atoms in total. The average molecular weight is 293 g/mol. The number of nitrogens with two attached hydrogens (primary N) is 1. The molecule has 0 radical (unpaired) electrons. The molecular formula is C14H10ClFN2O2. The molecule has 1 heterocycles. The molecule has 0 fully saturated rings. The van der Waals surface area contributed by atoms with Gasteiger partial charge < -0.3 is 14.9 Å². The standard InChI is InChI=1S/C14H10ClFN2O2/c15-10-3-2-9(6-11(10)16)19-7-14-18-12-5-8(17)1-4-13(12)20-14/h1-6H,7,17H2. The molecule has 0 unspecified atom stereocenters. The number of aromatic nitrogens is 1. The smallest absolute Gasteiger partial charge is 0.233 e. The lowest BCUT2D eigenvalue weighted by Gasteiger charge is -2.03. The molecule has 3 aromatic rings. The first-order chi connectivity index (χ1) is 9.61. The molecule has 0 aliphatic heterocycles. The molecule has 3 rings (SSSR count). The van der Waals surface area contributed by atoms with Crippen molar-refractivity contribution in [2.45, 2.75) is 6.61 Å². The van der Waals surface area contributed by atoms with Crippen LogP contribution in [-0.4, -0.2) is 4.98 Å². The maximum Gasteiger partial charge on any atom is 0.233 e. The summed E-state index contributed by atoms with van der Waals surface area (Å²) in [5.74, 6) is 0.212. The highest BCUT2D eigenvalue weighted by atomic mass is 35.5. The third-order valence-corrected chi connectivity index (χ3v) is 3.02. The largest absolute Gasteiger partial charge is 0.484 e. The fraction of sp³-hybridized carbons (Fsp3) is 0.0714. The minimum Gasteiger partial charge on any atom is -0.484 e. The zero-order valence-corrected chi connectivity index (χ0v) is 11.0. The van der Waals surface area contributed by atoms with E-state index in [-0.39, 0.29) is 11.6 Å². The number of halogens is 2. The molecule has 20 heavy (non-hydrogen) atoms. The van der Waals surface area contributed by atoms with Crippen molar-refractivity contribution in [3.8, 4) is 5.75 Å². The molecule has 0 bridgehead atoms. The molecule has 2 N–H and O–H groups in total. The quantitative estimate of drug-likeness (QED) is 0.746. The number of anilines is 1. The van der Waals surface area contributed by atoms with Gasteiger partial charge in [0.15, 0.2) is 12.2 Å². The molecule has 0 saturated heterocycles. The molecule has 2 aromatic carbocycles. The van der Waals surface area contributed by atoms with E-state index in [9.17, 15) is 4.39 Å². The molecule has 0 spiro atoms. The summed E-state index contributed by atoms with van der Waals surface area (Å²) in [5.41, 5.74) is 7.55. The van der Waals surface area contributed by atoms with E-state index in [4.69, 9.17) is 26.5 Å². The topological polar surface area (TPSA) is 61.3 Å². The Balaban J connectivity index is 1.77. The molecule has 1 aromatic heterocycles.